The fourth-order valence-electron chi connectivity index (χ4n) is 1.76. The molecule has 2 rings (SSSR count). The molecule has 100 valence electrons. The summed E-state index contributed by atoms with van der Waals surface area (Å²) in [6.07, 6.45) is 2.35. The number of rotatable bonds is 3. The van der Waals surface area contributed by atoms with E-state index in [1.807, 2.05) is 0 Å². The topological polar surface area (TPSA) is 97.5 Å². The Morgan fingerprint density at radius 1 is 1.61 bits per heavy atom. The number of carbonyl (C=O) groups excluding carboxylic acids is 1. The minimum Gasteiger partial charge on any atom is -0.504 e. The van der Waals surface area contributed by atoms with Gasteiger partial charge in [-0.1, -0.05) is 0 Å². The zero-order valence-corrected chi connectivity index (χ0v) is 10.5. The standard InChI is InChI=1S/C11H15N3O3.ClH/c12-6-7-3-4-9(17-7)11(16)14-10-8(15)2-1-5-13-10;/h1-2,5,7,9,15H,3-4,6,12H2,(H,13,14,16);1H/t7-,9+;/m1./s1. The third-order valence-electron chi connectivity index (χ3n) is 2.69. The number of halogens is 1. The summed E-state index contributed by atoms with van der Waals surface area (Å²) in [5.41, 5.74) is 5.46. The molecule has 18 heavy (non-hydrogen) atoms. The smallest absolute Gasteiger partial charge is 0.254 e. The molecular weight excluding hydrogens is 258 g/mol. The predicted octanol–water partition coefficient (Wildman–Crippen LogP) is 0.654. The van der Waals surface area contributed by atoms with E-state index in [4.69, 9.17) is 10.5 Å². The Kier molecular flexibility index (Phi) is 5.33. The van der Waals surface area contributed by atoms with Crippen molar-refractivity contribution in [3.8, 4) is 5.75 Å². The van der Waals surface area contributed by atoms with Crippen molar-refractivity contribution in [1.82, 2.24) is 4.98 Å². The minimum absolute atomic E-state index is 0. The number of pyridine rings is 1. The number of hydrogen-bond acceptors (Lipinski definition) is 5. The number of aromatic nitrogens is 1. The second-order valence-corrected chi connectivity index (χ2v) is 3.92. The molecule has 0 unspecified atom stereocenters. The number of ether oxygens (including phenoxy) is 1. The predicted molar refractivity (Wildman–Crippen MR) is 68.7 cm³/mol. The molecule has 0 aliphatic carbocycles. The highest BCUT2D eigenvalue weighted by Gasteiger charge is 2.30. The van der Waals surface area contributed by atoms with Crippen molar-refractivity contribution in [2.24, 2.45) is 5.73 Å². The zero-order chi connectivity index (χ0) is 12.3. The highest BCUT2D eigenvalue weighted by molar-refractivity contribution is 5.94. The summed E-state index contributed by atoms with van der Waals surface area (Å²) in [6.45, 7) is 0.415. The van der Waals surface area contributed by atoms with Gasteiger partial charge in [-0.05, 0) is 25.0 Å². The van der Waals surface area contributed by atoms with E-state index >= 15 is 0 Å². The first kappa shape index (κ1) is 14.7. The van der Waals surface area contributed by atoms with Crippen LogP contribution in [0.5, 0.6) is 5.75 Å². The SMILES string of the molecule is Cl.NC[C@H]1CC[C@@H](C(=O)Nc2ncccc2O)O1. The van der Waals surface area contributed by atoms with Gasteiger partial charge in [-0.25, -0.2) is 4.98 Å². The van der Waals surface area contributed by atoms with Gasteiger partial charge in [0.05, 0.1) is 6.10 Å². The molecule has 1 saturated heterocycles. The molecule has 2 atom stereocenters. The van der Waals surface area contributed by atoms with Crippen molar-refractivity contribution in [3.05, 3.63) is 18.3 Å². The van der Waals surface area contributed by atoms with Crippen molar-refractivity contribution in [2.45, 2.75) is 25.0 Å². The second kappa shape index (κ2) is 6.53. The van der Waals surface area contributed by atoms with Crippen LogP contribution in [0.2, 0.25) is 0 Å². The molecule has 7 heteroatoms. The number of nitrogens with one attached hydrogen (secondary N) is 1. The van der Waals surface area contributed by atoms with Gasteiger partial charge in [0.25, 0.3) is 5.91 Å². The van der Waals surface area contributed by atoms with Crippen molar-refractivity contribution in [2.75, 3.05) is 11.9 Å². The van der Waals surface area contributed by atoms with Crippen LogP contribution in [0.25, 0.3) is 0 Å². The van der Waals surface area contributed by atoms with Crippen LogP contribution < -0.4 is 11.1 Å². The third kappa shape index (κ3) is 3.32. The van der Waals surface area contributed by atoms with Crippen LogP contribution in [0, 0.1) is 0 Å². The van der Waals surface area contributed by atoms with Gasteiger partial charge in [-0.3, -0.25) is 4.79 Å². The number of amides is 1. The highest BCUT2D eigenvalue weighted by atomic mass is 35.5. The lowest BCUT2D eigenvalue weighted by atomic mass is 10.2. The van der Waals surface area contributed by atoms with E-state index in [1.165, 1.54) is 12.3 Å². The van der Waals surface area contributed by atoms with Gasteiger partial charge >= 0.3 is 0 Å². The Hall–Kier alpha value is -1.37. The van der Waals surface area contributed by atoms with Crippen LogP contribution in [-0.4, -0.2) is 34.8 Å². The van der Waals surface area contributed by atoms with Crippen LogP contribution >= 0.6 is 12.4 Å². The summed E-state index contributed by atoms with van der Waals surface area (Å²) < 4.78 is 5.44. The van der Waals surface area contributed by atoms with E-state index in [1.54, 1.807) is 6.07 Å². The number of nitrogens with zero attached hydrogens (tertiary/aromatic N) is 1. The largest absolute Gasteiger partial charge is 0.504 e. The number of hydrogen-bond donors (Lipinski definition) is 3. The van der Waals surface area contributed by atoms with Crippen molar-refractivity contribution < 1.29 is 14.6 Å². The average molecular weight is 274 g/mol. The van der Waals surface area contributed by atoms with Gasteiger partial charge in [-0.2, -0.15) is 0 Å². The Morgan fingerprint density at radius 3 is 3.00 bits per heavy atom. The quantitative estimate of drug-likeness (QED) is 0.751. The van der Waals surface area contributed by atoms with Crippen molar-refractivity contribution in [1.29, 1.82) is 0 Å². The summed E-state index contributed by atoms with van der Waals surface area (Å²) in [5.74, 6) is -0.207. The molecule has 0 aromatic carbocycles. The lowest BCUT2D eigenvalue weighted by Crippen LogP contribution is -2.30. The molecule has 4 N–H and O–H groups in total. The molecule has 1 aromatic rings. The molecule has 1 aliphatic heterocycles. The Balaban J connectivity index is 0.00000162. The van der Waals surface area contributed by atoms with Gasteiger partial charge in [0.2, 0.25) is 0 Å². The number of aromatic hydroxyl groups is 1. The molecule has 0 radical (unpaired) electrons. The van der Waals surface area contributed by atoms with E-state index < -0.39 is 6.10 Å². The van der Waals surface area contributed by atoms with E-state index in [0.717, 1.165) is 6.42 Å². The molecule has 1 aromatic heterocycles. The van der Waals surface area contributed by atoms with E-state index in [0.29, 0.717) is 13.0 Å². The first-order chi connectivity index (χ1) is 8.20. The van der Waals surface area contributed by atoms with Crippen LogP contribution in [0.1, 0.15) is 12.8 Å². The molecule has 1 fully saturated rings. The highest BCUT2D eigenvalue weighted by Crippen LogP contribution is 2.22. The fraction of sp³-hybridized carbons (Fsp3) is 0.455. The Morgan fingerprint density at radius 2 is 2.39 bits per heavy atom. The molecule has 1 aliphatic rings. The maximum absolute atomic E-state index is 11.8. The number of anilines is 1. The summed E-state index contributed by atoms with van der Waals surface area (Å²) in [5, 5.41) is 12.0. The van der Waals surface area contributed by atoms with E-state index in [-0.39, 0.29) is 36.0 Å². The summed E-state index contributed by atoms with van der Waals surface area (Å²) in [7, 11) is 0. The number of carbonyl (C=O) groups is 1. The van der Waals surface area contributed by atoms with Gasteiger partial charge in [0.15, 0.2) is 11.6 Å². The third-order valence-corrected chi connectivity index (χ3v) is 2.69. The molecule has 2 heterocycles. The van der Waals surface area contributed by atoms with Gasteiger partial charge < -0.3 is 20.9 Å². The lowest BCUT2D eigenvalue weighted by molar-refractivity contribution is -0.126. The summed E-state index contributed by atoms with van der Waals surface area (Å²) >= 11 is 0. The fourth-order valence-corrected chi connectivity index (χ4v) is 1.76. The van der Waals surface area contributed by atoms with E-state index in [9.17, 15) is 9.90 Å². The normalized spacial score (nSPS) is 22.3. The van der Waals surface area contributed by atoms with Crippen molar-refractivity contribution in [3.63, 3.8) is 0 Å². The molecule has 0 spiro atoms. The zero-order valence-electron chi connectivity index (χ0n) is 9.70. The molecule has 1 amide bonds. The Bertz CT molecular complexity index is 416. The summed E-state index contributed by atoms with van der Waals surface area (Å²) in [6, 6.07) is 3.04. The minimum atomic E-state index is -0.509. The van der Waals surface area contributed by atoms with E-state index in [2.05, 4.69) is 10.3 Å². The van der Waals surface area contributed by atoms with Crippen LogP contribution in [0.4, 0.5) is 5.82 Å². The molecule has 6 nitrogen and oxygen atoms in total. The molecular formula is C11H16ClN3O3. The van der Waals surface area contributed by atoms with Crippen LogP contribution in [0.15, 0.2) is 18.3 Å². The maximum atomic E-state index is 11.8. The van der Waals surface area contributed by atoms with Crippen molar-refractivity contribution >= 4 is 24.1 Å². The molecule has 0 saturated carbocycles. The lowest BCUT2D eigenvalue weighted by Gasteiger charge is -2.12. The Labute approximate surface area is 111 Å². The van der Waals surface area contributed by atoms with Crippen LogP contribution in [0.3, 0.4) is 0 Å². The summed E-state index contributed by atoms with van der Waals surface area (Å²) in [4.78, 5) is 15.7. The van der Waals surface area contributed by atoms with Gasteiger partial charge in [0, 0.05) is 12.7 Å². The first-order valence-corrected chi connectivity index (χ1v) is 5.51. The monoisotopic (exact) mass is 273 g/mol. The van der Waals surface area contributed by atoms with Crippen LogP contribution in [-0.2, 0) is 9.53 Å². The first-order valence-electron chi connectivity index (χ1n) is 5.51. The maximum Gasteiger partial charge on any atom is 0.254 e. The molecule has 0 bridgehead atoms. The second-order valence-electron chi connectivity index (χ2n) is 3.92. The average Bonchev–Trinajstić information content (AvgIpc) is 2.81. The van der Waals surface area contributed by atoms with Gasteiger partial charge in [-0.15, -0.1) is 12.4 Å². The van der Waals surface area contributed by atoms with Gasteiger partial charge in [0.1, 0.15) is 6.10 Å². The number of nitrogens with two attached hydrogens (primary N) is 1.